The van der Waals surface area contributed by atoms with Gasteiger partial charge in [0.15, 0.2) is 0 Å². The van der Waals surface area contributed by atoms with Crippen molar-refractivity contribution in [1.29, 1.82) is 0 Å². The topological polar surface area (TPSA) is 53.1 Å². The molecule has 5 heteroatoms. The van der Waals surface area contributed by atoms with Crippen LogP contribution in [-0.4, -0.2) is 16.9 Å². The summed E-state index contributed by atoms with van der Waals surface area (Å²) >= 11 is 2.24. The van der Waals surface area contributed by atoms with Crippen LogP contribution in [0.5, 0.6) is 5.75 Å². The van der Waals surface area contributed by atoms with Crippen molar-refractivity contribution in [3.8, 4) is 5.75 Å². The SMILES string of the molecule is COc1ccc(CC(C)n2nc(C)c(I)c2N)cc1. The number of methoxy groups -OCH3 is 1. The van der Waals surface area contributed by atoms with Gasteiger partial charge in [-0.2, -0.15) is 5.10 Å². The summed E-state index contributed by atoms with van der Waals surface area (Å²) in [5.74, 6) is 1.62. The number of ether oxygens (including phenoxy) is 1. The third-order valence-corrected chi connectivity index (χ3v) is 4.49. The van der Waals surface area contributed by atoms with Crippen LogP contribution >= 0.6 is 22.6 Å². The monoisotopic (exact) mass is 371 g/mol. The van der Waals surface area contributed by atoms with Gasteiger partial charge in [-0.15, -0.1) is 0 Å². The molecule has 2 aromatic rings. The van der Waals surface area contributed by atoms with Gasteiger partial charge in [-0.05, 0) is 60.6 Å². The molecule has 1 aromatic carbocycles. The minimum atomic E-state index is 0.232. The lowest BCUT2D eigenvalue weighted by atomic mass is 10.1. The Morgan fingerprint density at radius 2 is 2.00 bits per heavy atom. The van der Waals surface area contributed by atoms with E-state index in [4.69, 9.17) is 10.5 Å². The predicted molar refractivity (Wildman–Crippen MR) is 85.5 cm³/mol. The van der Waals surface area contributed by atoms with Crippen molar-refractivity contribution in [1.82, 2.24) is 9.78 Å². The van der Waals surface area contributed by atoms with Gasteiger partial charge >= 0.3 is 0 Å². The number of aromatic nitrogens is 2. The van der Waals surface area contributed by atoms with Gasteiger partial charge in [0.25, 0.3) is 0 Å². The average molecular weight is 371 g/mol. The molecule has 0 radical (unpaired) electrons. The minimum Gasteiger partial charge on any atom is -0.497 e. The van der Waals surface area contributed by atoms with E-state index in [1.54, 1.807) is 7.11 Å². The first kappa shape index (κ1) is 14.2. The molecule has 0 bridgehead atoms. The quantitative estimate of drug-likeness (QED) is 0.840. The van der Waals surface area contributed by atoms with Crippen molar-refractivity contribution < 1.29 is 4.74 Å². The minimum absolute atomic E-state index is 0.232. The maximum Gasteiger partial charge on any atom is 0.135 e. The van der Waals surface area contributed by atoms with E-state index in [9.17, 15) is 0 Å². The highest BCUT2D eigenvalue weighted by Gasteiger charge is 2.15. The van der Waals surface area contributed by atoms with E-state index in [-0.39, 0.29) is 6.04 Å². The van der Waals surface area contributed by atoms with E-state index < -0.39 is 0 Å². The Morgan fingerprint density at radius 3 is 2.47 bits per heavy atom. The average Bonchev–Trinajstić information content (AvgIpc) is 2.67. The molecule has 0 saturated heterocycles. The molecule has 19 heavy (non-hydrogen) atoms. The summed E-state index contributed by atoms with van der Waals surface area (Å²) in [5, 5.41) is 4.50. The first-order valence-corrected chi connectivity index (χ1v) is 7.23. The van der Waals surface area contributed by atoms with Crippen LogP contribution in [0.4, 0.5) is 5.82 Å². The van der Waals surface area contributed by atoms with Crippen molar-refractivity contribution in [2.75, 3.05) is 12.8 Å². The zero-order chi connectivity index (χ0) is 14.0. The summed E-state index contributed by atoms with van der Waals surface area (Å²) < 4.78 is 8.10. The fourth-order valence-corrected chi connectivity index (χ4v) is 2.43. The second-order valence-electron chi connectivity index (χ2n) is 4.63. The molecular formula is C14H18IN3O. The van der Waals surface area contributed by atoms with Crippen LogP contribution in [0.1, 0.15) is 24.2 Å². The summed E-state index contributed by atoms with van der Waals surface area (Å²) in [6.07, 6.45) is 0.894. The van der Waals surface area contributed by atoms with Gasteiger partial charge in [0.05, 0.1) is 22.4 Å². The van der Waals surface area contributed by atoms with E-state index in [2.05, 4.69) is 46.7 Å². The molecule has 0 aliphatic rings. The third kappa shape index (κ3) is 3.02. The van der Waals surface area contributed by atoms with Crippen molar-refractivity contribution in [3.05, 3.63) is 39.1 Å². The first-order chi connectivity index (χ1) is 9.02. The lowest BCUT2D eigenvalue weighted by molar-refractivity contribution is 0.414. The molecule has 2 N–H and O–H groups in total. The van der Waals surface area contributed by atoms with E-state index in [1.807, 2.05) is 23.7 Å². The number of nitrogen functional groups attached to an aromatic ring is 1. The molecule has 1 unspecified atom stereocenters. The number of nitrogens with two attached hydrogens (primary N) is 1. The largest absolute Gasteiger partial charge is 0.497 e. The van der Waals surface area contributed by atoms with Gasteiger partial charge in [0.2, 0.25) is 0 Å². The highest BCUT2D eigenvalue weighted by molar-refractivity contribution is 14.1. The van der Waals surface area contributed by atoms with Gasteiger partial charge in [-0.25, -0.2) is 4.68 Å². The number of benzene rings is 1. The second kappa shape index (κ2) is 5.81. The molecule has 0 fully saturated rings. The predicted octanol–water partition coefficient (Wildman–Crippen LogP) is 3.19. The lowest BCUT2D eigenvalue weighted by Crippen LogP contribution is -2.13. The number of halogens is 1. The maximum absolute atomic E-state index is 6.08. The number of anilines is 1. The molecule has 0 aliphatic heterocycles. The van der Waals surface area contributed by atoms with Crippen LogP contribution in [0.2, 0.25) is 0 Å². The summed E-state index contributed by atoms with van der Waals surface area (Å²) in [6.45, 7) is 4.11. The number of rotatable bonds is 4. The molecule has 1 atom stereocenters. The summed E-state index contributed by atoms with van der Waals surface area (Å²) in [7, 11) is 1.67. The maximum atomic E-state index is 6.08. The molecule has 4 nitrogen and oxygen atoms in total. The fraction of sp³-hybridized carbons (Fsp3) is 0.357. The molecule has 0 saturated carbocycles. The summed E-state index contributed by atoms with van der Waals surface area (Å²) in [5.41, 5.74) is 8.31. The Bertz CT molecular complexity index is 563. The Balaban J connectivity index is 2.15. The molecule has 1 aromatic heterocycles. The lowest BCUT2D eigenvalue weighted by Gasteiger charge is -2.14. The standard InChI is InChI=1S/C14H18IN3O/c1-9(18-14(16)13(15)10(2)17-18)8-11-4-6-12(19-3)7-5-11/h4-7,9H,8,16H2,1-3H3. The van der Waals surface area contributed by atoms with Crippen molar-refractivity contribution >= 4 is 28.4 Å². The van der Waals surface area contributed by atoms with E-state index >= 15 is 0 Å². The molecule has 0 spiro atoms. The summed E-state index contributed by atoms with van der Waals surface area (Å²) in [4.78, 5) is 0. The third-order valence-electron chi connectivity index (χ3n) is 3.15. The zero-order valence-electron chi connectivity index (χ0n) is 11.4. The van der Waals surface area contributed by atoms with E-state index in [1.165, 1.54) is 5.56 Å². The van der Waals surface area contributed by atoms with E-state index in [0.29, 0.717) is 0 Å². The van der Waals surface area contributed by atoms with Crippen molar-refractivity contribution in [2.24, 2.45) is 0 Å². The molecular weight excluding hydrogens is 353 g/mol. The smallest absolute Gasteiger partial charge is 0.135 e. The van der Waals surface area contributed by atoms with Crippen LogP contribution in [0, 0.1) is 10.5 Å². The van der Waals surface area contributed by atoms with Gasteiger partial charge in [0, 0.05) is 0 Å². The normalized spacial score (nSPS) is 12.4. The molecule has 1 heterocycles. The number of nitrogens with zero attached hydrogens (tertiary/aromatic N) is 2. The highest BCUT2D eigenvalue weighted by atomic mass is 127. The van der Waals surface area contributed by atoms with Crippen LogP contribution < -0.4 is 10.5 Å². The Labute approximate surface area is 127 Å². The molecule has 0 aliphatic carbocycles. The van der Waals surface area contributed by atoms with Crippen LogP contribution in [-0.2, 0) is 6.42 Å². The van der Waals surface area contributed by atoms with Crippen LogP contribution in [0.15, 0.2) is 24.3 Å². The van der Waals surface area contributed by atoms with Gasteiger partial charge in [-0.3, -0.25) is 0 Å². The second-order valence-corrected chi connectivity index (χ2v) is 5.71. The van der Waals surface area contributed by atoms with Gasteiger partial charge < -0.3 is 10.5 Å². The highest BCUT2D eigenvalue weighted by Crippen LogP contribution is 2.24. The first-order valence-electron chi connectivity index (χ1n) is 6.16. The van der Waals surface area contributed by atoms with Crippen molar-refractivity contribution in [2.45, 2.75) is 26.3 Å². The van der Waals surface area contributed by atoms with Gasteiger partial charge in [0.1, 0.15) is 11.6 Å². The number of hydrogen-bond donors (Lipinski definition) is 1. The molecule has 2 rings (SSSR count). The van der Waals surface area contributed by atoms with E-state index in [0.717, 1.165) is 27.3 Å². The Morgan fingerprint density at radius 1 is 1.37 bits per heavy atom. The molecule has 102 valence electrons. The molecule has 0 amide bonds. The fourth-order valence-electron chi connectivity index (χ4n) is 2.07. The van der Waals surface area contributed by atoms with Crippen LogP contribution in [0.25, 0.3) is 0 Å². The van der Waals surface area contributed by atoms with Crippen molar-refractivity contribution in [3.63, 3.8) is 0 Å². The summed E-state index contributed by atoms with van der Waals surface area (Å²) in [6, 6.07) is 8.34. The van der Waals surface area contributed by atoms with Crippen LogP contribution in [0.3, 0.4) is 0 Å². The number of hydrogen-bond acceptors (Lipinski definition) is 3. The van der Waals surface area contributed by atoms with Gasteiger partial charge in [-0.1, -0.05) is 12.1 Å². The Kier molecular flexibility index (Phi) is 4.34. The zero-order valence-corrected chi connectivity index (χ0v) is 13.5. The Hall–Kier alpha value is -1.24. The number of aryl methyl sites for hydroxylation is 1.